The van der Waals surface area contributed by atoms with Gasteiger partial charge in [-0.15, -0.1) is 0 Å². The van der Waals surface area contributed by atoms with Crippen molar-refractivity contribution < 1.29 is 9.59 Å². The molecule has 0 aromatic carbocycles. The lowest BCUT2D eigenvalue weighted by Gasteiger charge is -2.31. The third kappa shape index (κ3) is 1.74. The van der Waals surface area contributed by atoms with Crippen LogP contribution in [0.25, 0.3) is 0 Å². The lowest BCUT2D eigenvalue weighted by molar-refractivity contribution is -0.126. The van der Waals surface area contributed by atoms with E-state index in [1.807, 2.05) is 20.0 Å². The van der Waals surface area contributed by atoms with Crippen LogP contribution in [0.5, 0.6) is 0 Å². The van der Waals surface area contributed by atoms with Crippen LogP contribution in [0.2, 0.25) is 0 Å². The van der Waals surface area contributed by atoms with Gasteiger partial charge < -0.3 is 4.90 Å². The molecule has 2 fully saturated rings. The third-order valence-corrected chi connectivity index (χ3v) is 4.25. The van der Waals surface area contributed by atoms with Crippen molar-refractivity contribution in [3.63, 3.8) is 0 Å². The fourth-order valence-corrected chi connectivity index (χ4v) is 3.25. The Hall–Kier alpha value is -1.85. The van der Waals surface area contributed by atoms with Crippen LogP contribution in [0.1, 0.15) is 37.1 Å². The predicted octanol–water partition coefficient (Wildman–Crippen LogP) is 1.09. The summed E-state index contributed by atoms with van der Waals surface area (Å²) < 4.78 is 1.77. The van der Waals surface area contributed by atoms with Crippen molar-refractivity contribution >= 4 is 11.9 Å². The van der Waals surface area contributed by atoms with E-state index < -0.39 is 5.54 Å². The normalized spacial score (nSPS) is 21.5. The smallest absolute Gasteiger partial charge is 0.304 e. The van der Waals surface area contributed by atoms with Gasteiger partial charge in [0.05, 0.1) is 17.9 Å². The van der Waals surface area contributed by atoms with Gasteiger partial charge in [-0.1, -0.05) is 12.8 Å². The zero-order valence-corrected chi connectivity index (χ0v) is 11.3. The molecular weight excluding hydrogens is 244 g/mol. The molecule has 1 N–H and O–H groups in total. The SMILES string of the molecule is Cc1cc(CN2C(=O)NC(=O)C23CCCC3)n(C)n1. The number of aryl methyl sites for hydroxylation is 2. The van der Waals surface area contributed by atoms with Gasteiger partial charge in [-0.05, 0) is 25.8 Å². The third-order valence-electron chi connectivity index (χ3n) is 4.25. The second kappa shape index (κ2) is 4.08. The predicted molar refractivity (Wildman–Crippen MR) is 68.2 cm³/mol. The Morgan fingerprint density at radius 2 is 2.05 bits per heavy atom. The Bertz CT molecular complexity index is 543. The highest BCUT2D eigenvalue weighted by Crippen LogP contribution is 2.39. The van der Waals surface area contributed by atoms with Crippen molar-refractivity contribution in [3.8, 4) is 0 Å². The average molecular weight is 262 g/mol. The van der Waals surface area contributed by atoms with Crippen molar-refractivity contribution in [3.05, 3.63) is 17.5 Å². The van der Waals surface area contributed by atoms with Gasteiger partial charge in [0.15, 0.2) is 0 Å². The first-order chi connectivity index (χ1) is 9.03. The number of urea groups is 1. The van der Waals surface area contributed by atoms with Crippen LogP contribution < -0.4 is 5.32 Å². The first-order valence-electron chi connectivity index (χ1n) is 6.65. The highest BCUT2D eigenvalue weighted by atomic mass is 16.2. The monoisotopic (exact) mass is 262 g/mol. The van der Waals surface area contributed by atoms with Gasteiger partial charge >= 0.3 is 6.03 Å². The molecule has 6 nitrogen and oxygen atoms in total. The second-order valence-corrected chi connectivity index (χ2v) is 5.48. The van der Waals surface area contributed by atoms with E-state index in [1.165, 1.54) is 0 Å². The van der Waals surface area contributed by atoms with E-state index in [0.717, 1.165) is 37.1 Å². The van der Waals surface area contributed by atoms with Gasteiger partial charge in [-0.2, -0.15) is 5.10 Å². The van der Waals surface area contributed by atoms with Gasteiger partial charge in [0, 0.05) is 7.05 Å². The molecule has 0 unspecified atom stereocenters. The molecule has 0 bridgehead atoms. The number of hydrogen-bond donors (Lipinski definition) is 1. The largest absolute Gasteiger partial charge is 0.325 e. The van der Waals surface area contributed by atoms with Crippen molar-refractivity contribution in [2.75, 3.05) is 0 Å². The topological polar surface area (TPSA) is 67.2 Å². The summed E-state index contributed by atoms with van der Waals surface area (Å²) in [6.45, 7) is 2.36. The van der Waals surface area contributed by atoms with E-state index in [0.29, 0.717) is 6.54 Å². The Kier molecular flexibility index (Phi) is 2.62. The van der Waals surface area contributed by atoms with Gasteiger partial charge in [0.25, 0.3) is 5.91 Å². The number of nitrogens with one attached hydrogen (secondary N) is 1. The number of carbonyl (C=O) groups is 2. The molecule has 1 saturated heterocycles. The van der Waals surface area contributed by atoms with E-state index >= 15 is 0 Å². The number of carbonyl (C=O) groups excluding carboxylic acids is 2. The van der Waals surface area contributed by atoms with E-state index in [-0.39, 0.29) is 11.9 Å². The van der Waals surface area contributed by atoms with E-state index in [1.54, 1.807) is 9.58 Å². The summed E-state index contributed by atoms with van der Waals surface area (Å²) >= 11 is 0. The van der Waals surface area contributed by atoms with Crippen molar-refractivity contribution in [2.45, 2.75) is 44.7 Å². The molecule has 1 aliphatic carbocycles. The minimum Gasteiger partial charge on any atom is -0.304 e. The zero-order valence-electron chi connectivity index (χ0n) is 11.3. The molecule has 1 aromatic rings. The summed E-state index contributed by atoms with van der Waals surface area (Å²) in [6.07, 6.45) is 3.53. The van der Waals surface area contributed by atoms with Gasteiger partial charge in [0.1, 0.15) is 5.54 Å². The maximum atomic E-state index is 12.1. The summed E-state index contributed by atoms with van der Waals surface area (Å²) in [5, 5.41) is 6.75. The van der Waals surface area contributed by atoms with Gasteiger partial charge in [-0.25, -0.2) is 4.79 Å². The van der Waals surface area contributed by atoms with E-state index in [9.17, 15) is 9.59 Å². The molecule has 0 radical (unpaired) electrons. The molecule has 1 spiro atoms. The average Bonchev–Trinajstić information content (AvgIpc) is 2.98. The number of imide groups is 1. The summed E-state index contributed by atoms with van der Waals surface area (Å²) in [4.78, 5) is 25.8. The zero-order chi connectivity index (χ0) is 13.6. The molecule has 3 rings (SSSR count). The Morgan fingerprint density at radius 3 is 2.63 bits per heavy atom. The van der Waals surface area contributed by atoms with Gasteiger partial charge in [0.2, 0.25) is 0 Å². The Balaban J connectivity index is 1.92. The maximum absolute atomic E-state index is 12.1. The van der Waals surface area contributed by atoms with Crippen molar-refractivity contribution in [1.29, 1.82) is 0 Å². The van der Waals surface area contributed by atoms with Crippen LogP contribution in [-0.2, 0) is 18.4 Å². The summed E-state index contributed by atoms with van der Waals surface area (Å²) in [5.74, 6) is -0.131. The quantitative estimate of drug-likeness (QED) is 0.811. The van der Waals surface area contributed by atoms with Crippen molar-refractivity contribution in [1.82, 2.24) is 20.0 Å². The highest BCUT2D eigenvalue weighted by Gasteiger charge is 2.54. The van der Waals surface area contributed by atoms with E-state index in [2.05, 4.69) is 10.4 Å². The second-order valence-electron chi connectivity index (χ2n) is 5.48. The van der Waals surface area contributed by atoms with Gasteiger partial charge in [-0.3, -0.25) is 14.8 Å². The Morgan fingerprint density at radius 1 is 1.37 bits per heavy atom. The minimum absolute atomic E-state index is 0.131. The molecule has 2 aliphatic rings. The standard InChI is InChI=1S/C13H18N4O2/c1-9-7-10(16(2)15-9)8-17-12(19)14-11(18)13(17)5-3-4-6-13/h7H,3-6,8H2,1-2H3,(H,14,18,19). The molecule has 0 atom stereocenters. The minimum atomic E-state index is -0.616. The van der Waals surface area contributed by atoms with Crippen LogP contribution in [0.3, 0.4) is 0 Å². The highest BCUT2D eigenvalue weighted by molar-refractivity contribution is 6.07. The number of rotatable bonds is 2. The van der Waals surface area contributed by atoms with Crippen LogP contribution >= 0.6 is 0 Å². The first kappa shape index (κ1) is 12.2. The van der Waals surface area contributed by atoms with E-state index in [4.69, 9.17) is 0 Å². The summed E-state index contributed by atoms with van der Waals surface area (Å²) in [5.41, 5.74) is 1.26. The molecule has 3 amide bonds. The molecule has 6 heteroatoms. The fourth-order valence-electron chi connectivity index (χ4n) is 3.25. The number of hydrogen-bond acceptors (Lipinski definition) is 3. The van der Waals surface area contributed by atoms with Crippen LogP contribution in [0.4, 0.5) is 4.79 Å². The molecule has 19 heavy (non-hydrogen) atoms. The van der Waals surface area contributed by atoms with Crippen LogP contribution in [0, 0.1) is 6.92 Å². The number of nitrogens with zero attached hydrogens (tertiary/aromatic N) is 3. The number of amides is 3. The van der Waals surface area contributed by atoms with Crippen LogP contribution in [-0.4, -0.2) is 32.2 Å². The molecule has 1 aliphatic heterocycles. The first-order valence-corrected chi connectivity index (χ1v) is 6.65. The maximum Gasteiger partial charge on any atom is 0.325 e. The lowest BCUT2D eigenvalue weighted by Crippen LogP contribution is -2.47. The lowest BCUT2D eigenvalue weighted by atomic mass is 9.96. The molecule has 1 saturated carbocycles. The molecule has 1 aromatic heterocycles. The Labute approximate surface area is 111 Å². The summed E-state index contributed by atoms with van der Waals surface area (Å²) in [6, 6.07) is 1.68. The molecule has 102 valence electrons. The number of aromatic nitrogens is 2. The van der Waals surface area contributed by atoms with Crippen molar-refractivity contribution in [2.24, 2.45) is 7.05 Å². The molecular formula is C13H18N4O2. The van der Waals surface area contributed by atoms with Crippen LogP contribution in [0.15, 0.2) is 6.07 Å². The summed E-state index contributed by atoms with van der Waals surface area (Å²) in [7, 11) is 1.86. The molecule has 2 heterocycles. The fraction of sp³-hybridized carbons (Fsp3) is 0.615.